The molecule has 0 spiro atoms. The molecule has 0 aromatic rings. The third kappa shape index (κ3) is 3.47. The number of amides is 1. The zero-order valence-electron chi connectivity index (χ0n) is 11.8. The third-order valence-electron chi connectivity index (χ3n) is 5.20. The lowest BCUT2D eigenvalue weighted by molar-refractivity contribution is -0.122. The van der Waals surface area contributed by atoms with Crippen LogP contribution in [0.5, 0.6) is 0 Å². The minimum atomic E-state index is -0.103. The van der Waals surface area contributed by atoms with Crippen LogP contribution in [0.2, 0.25) is 0 Å². The molecule has 2 aliphatic rings. The largest absolute Gasteiger partial charge is 0.369 e. The quantitative estimate of drug-likeness (QED) is 0.810. The molecule has 1 amide bonds. The van der Waals surface area contributed by atoms with Crippen LogP contribution in [0.3, 0.4) is 0 Å². The molecule has 0 aromatic heterocycles. The van der Waals surface area contributed by atoms with E-state index in [2.05, 4.69) is 19.2 Å². The second-order valence-corrected chi connectivity index (χ2v) is 6.58. The summed E-state index contributed by atoms with van der Waals surface area (Å²) in [6, 6.07) is 1.32. The van der Waals surface area contributed by atoms with Crippen molar-refractivity contribution in [1.29, 1.82) is 0 Å². The molecular formula is C15H28N2O. The van der Waals surface area contributed by atoms with Crippen LogP contribution >= 0.6 is 0 Å². The Balaban J connectivity index is 1.73. The zero-order valence-corrected chi connectivity index (χ0v) is 11.8. The summed E-state index contributed by atoms with van der Waals surface area (Å²) in [5.74, 6) is 1.76. The Morgan fingerprint density at radius 2 is 1.56 bits per heavy atom. The van der Waals surface area contributed by atoms with Gasteiger partial charge in [0.2, 0.25) is 5.91 Å². The van der Waals surface area contributed by atoms with Crippen LogP contribution < -0.4 is 11.1 Å². The summed E-state index contributed by atoms with van der Waals surface area (Å²) in [4.78, 5) is 11.1. The lowest BCUT2D eigenvalue weighted by atomic mass is 9.78. The number of carbonyl (C=O) groups excluding carboxylic acids is 1. The van der Waals surface area contributed by atoms with E-state index in [-0.39, 0.29) is 11.8 Å². The van der Waals surface area contributed by atoms with Gasteiger partial charge in [0.1, 0.15) is 0 Å². The van der Waals surface area contributed by atoms with Crippen molar-refractivity contribution in [1.82, 2.24) is 5.32 Å². The third-order valence-corrected chi connectivity index (χ3v) is 5.20. The minimum Gasteiger partial charge on any atom is -0.369 e. The lowest BCUT2D eigenvalue weighted by Crippen LogP contribution is -2.44. The Bertz CT molecular complexity index is 284. The predicted octanol–water partition coefficient (Wildman–Crippen LogP) is 2.44. The van der Waals surface area contributed by atoms with Crippen molar-refractivity contribution in [3.05, 3.63) is 0 Å². The van der Waals surface area contributed by atoms with Gasteiger partial charge in [-0.25, -0.2) is 0 Å². The molecule has 3 unspecified atom stereocenters. The van der Waals surface area contributed by atoms with Gasteiger partial charge in [-0.15, -0.1) is 0 Å². The summed E-state index contributed by atoms with van der Waals surface area (Å²) in [5.41, 5.74) is 5.37. The van der Waals surface area contributed by atoms with Gasteiger partial charge < -0.3 is 11.1 Å². The summed E-state index contributed by atoms with van der Waals surface area (Å²) in [5, 5.41) is 3.82. The summed E-state index contributed by atoms with van der Waals surface area (Å²) in [6.45, 7) is 4.75. The topological polar surface area (TPSA) is 55.1 Å². The number of rotatable bonds is 3. The number of carbonyl (C=O) groups is 1. The van der Waals surface area contributed by atoms with E-state index in [1.54, 1.807) is 0 Å². The van der Waals surface area contributed by atoms with Crippen molar-refractivity contribution >= 4 is 5.91 Å². The molecule has 0 radical (unpaired) electrons. The highest BCUT2D eigenvalue weighted by molar-refractivity contribution is 5.76. The van der Waals surface area contributed by atoms with Gasteiger partial charge in [-0.1, -0.05) is 13.8 Å². The Morgan fingerprint density at radius 3 is 2.11 bits per heavy atom. The molecule has 0 heterocycles. The maximum atomic E-state index is 11.1. The Hall–Kier alpha value is -0.570. The minimum absolute atomic E-state index is 0.103. The van der Waals surface area contributed by atoms with Gasteiger partial charge in [0.05, 0.1) is 0 Å². The van der Waals surface area contributed by atoms with Gasteiger partial charge in [0, 0.05) is 18.0 Å². The first-order valence-electron chi connectivity index (χ1n) is 7.61. The normalized spacial score (nSPS) is 41.6. The predicted molar refractivity (Wildman–Crippen MR) is 74.0 cm³/mol. The van der Waals surface area contributed by atoms with E-state index in [1.807, 2.05) is 0 Å². The van der Waals surface area contributed by atoms with Crippen molar-refractivity contribution in [3.63, 3.8) is 0 Å². The average Bonchev–Trinajstić information content (AvgIpc) is 2.34. The standard InChI is InChI=1S/C15H28N2O/c1-10-3-6-14(9-11(10)2)17-13-7-4-12(5-8-13)15(16)18/h10-14,17H,3-9H2,1-2H3,(H2,16,18). The number of nitrogens with one attached hydrogen (secondary N) is 1. The molecule has 3 heteroatoms. The lowest BCUT2D eigenvalue weighted by Gasteiger charge is -2.37. The van der Waals surface area contributed by atoms with Gasteiger partial charge in [-0.3, -0.25) is 4.79 Å². The monoisotopic (exact) mass is 252 g/mol. The van der Waals surface area contributed by atoms with Crippen LogP contribution in [0.1, 0.15) is 58.8 Å². The molecule has 104 valence electrons. The smallest absolute Gasteiger partial charge is 0.220 e. The number of nitrogens with two attached hydrogens (primary N) is 1. The summed E-state index contributed by atoms with van der Waals surface area (Å²) >= 11 is 0. The van der Waals surface area contributed by atoms with E-state index in [0.29, 0.717) is 12.1 Å². The SMILES string of the molecule is CC1CCC(NC2CCC(C(N)=O)CC2)CC1C. The maximum absolute atomic E-state index is 11.1. The molecule has 3 atom stereocenters. The van der Waals surface area contributed by atoms with Crippen LogP contribution in [-0.2, 0) is 4.79 Å². The van der Waals surface area contributed by atoms with E-state index in [9.17, 15) is 4.79 Å². The van der Waals surface area contributed by atoms with Crippen molar-refractivity contribution in [2.45, 2.75) is 70.9 Å². The van der Waals surface area contributed by atoms with E-state index < -0.39 is 0 Å². The highest BCUT2D eigenvalue weighted by Crippen LogP contribution is 2.31. The molecule has 3 nitrogen and oxygen atoms in total. The van der Waals surface area contributed by atoms with Crippen molar-refractivity contribution in [3.8, 4) is 0 Å². The van der Waals surface area contributed by atoms with Crippen LogP contribution in [0.4, 0.5) is 0 Å². The van der Waals surface area contributed by atoms with Crippen molar-refractivity contribution in [2.75, 3.05) is 0 Å². The van der Waals surface area contributed by atoms with Crippen LogP contribution in [0, 0.1) is 17.8 Å². The first kappa shape index (κ1) is 13.9. The van der Waals surface area contributed by atoms with E-state index >= 15 is 0 Å². The zero-order chi connectivity index (χ0) is 13.1. The van der Waals surface area contributed by atoms with Gasteiger partial charge >= 0.3 is 0 Å². The van der Waals surface area contributed by atoms with Crippen molar-refractivity contribution in [2.24, 2.45) is 23.5 Å². The van der Waals surface area contributed by atoms with E-state index in [4.69, 9.17) is 5.73 Å². The van der Waals surface area contributed by atoms with E-state index in [0.717, 1.165) is 37.5 Å². The first-order valence-corrected chi connectivity index (χ1v) is 7.61. The van der Waals surface area contributed by atoms with Crippen LogP contribution in [0.25, 0.3) is 0 Å². The Morgan fingerprint density at radius 1 is 0.944 bits per heavy atom. The fourth-order valence-electron chi connectivity index (χ4n) is 3.58. The molecule has 2 rings (SSSR count). The number of hydrogen-bond donors (Lipinski definition) is 2. The molecule has 0 aliphatic heterocycles. The van der Waals surface area contributed by atoms with Gasteiger partial charge in [0.25, 0.3) is 0 Å². The molecule has 0 bridgehead atoms. The number of hydrogen-bond acceptors (Lipinski definition) is 2. The fourth-order valence-corrected chi connectivity index (χ4v) is 3.58. The van der Waals surface area contributed by atoms with Gasteiger partial charge in [-0.05, 0) is 56.8 Å². The fraction of sp³-hybridized carbons (Fsp3) is 0.933. The highest BCUT2D eigenvalue weighted by Gasteiger charge is 2.29. The molecule has 0 aromatic carbocycles. The Labute approximate surface area is 111 Å². The average molecular weight is 252 g/mol. The molecule has 2 saturated carbocycles. The van der Waals surface area contributed by atoms with Crippen molar-refractivity contribution < 1.29 is 4.79 Å². The molecule has 3 N–H and O–H groups in total. The molecule has 2 fully saturated rings. The molecule has 2 aliphatic carbocycles. The Kier molecular flexibility index (Phi) is 4.66. The first-order chi connectivity index (χ1) is 8.56. The van der Waals surface area contributed by atoms with E-state index in [1.165, 1.54) is 19.3 Å². The van der Waals surface area contributed by atoms with Crippen LogP contribution in [-0.4, -0.2) is 18.0 Å². The molecular weight excluding hydrogens is 224 g/mol. The van der Waals surface area contributed by atoms with Crippen LogP contribution in [0.15, 0.2) is 0 Å². The summed E-state index contributed by atoms with van der Waals surface area (Å²) in [6.07, 6.45) is 8.19. The summed E-state index contributed by atoms with van der Waals surface area (Å²) < 4.78 is 0. The summed E-state index contributed by atoms with van der Waals surface area (Å²) in [7, 11) is 0. The maximum Gasteiger partial charge on any atom is 0.220 e. The highest BCUT2D eigenvalue weighted by atomic mass is 16.1. The second-order valence-electron chi connectivity index (χ2n) is 6.58. The second kappa shape index (κ2) is 6.05. The molecule has 0 saturated heterocycles. The van der Waals surface area contributed by atoms with Gasteiger partial charge in [-0.2, -0.15) is 0 Å². The molecule has 18 heavy (non-hydrogen) atoms. The number of primary amides is 1. The van der Waals surface area contributed by atoms with Gasteiger partial charge in [0.15, 0.2) is 0 Å².